The number of methoxy groups -OCH3 is 1. The van der Waals surface area contributed by atoms with Crippen LogP contribution < -0.4 is 25.5 Å². The molecule has 0 radical (unpaired) electrons. The Kier molecular flexibility index (Phi) is 9.72. The smallest absolute Gasteiger partial charge is 0.291 e. The standard InChI is InChI=1S/C38H37N5O6/c1-5-48-35-19-29(30(20-34(35)47-4)41-38(46)36-21-32(44)28-8-6-7-9-33(28)49-36)37(45)40-27-13-10-24(11-14-27)16-17-42(2)23-25-12-15-31-26(18-25)22-39-43(31)3/h6-15,18-22H,5,16-17,23H2,1-4H3,(H,40,45)(H,41,46). The van der Waals surface area contributed by atoms with Crippen molar-refractivity contribution in [2.75, 3.05) is 37.9 Å². The fourth-order valence-corrected chi connectivity index (χ4v) is 5.65. The molecule has 0 aliphatic rings. The monoisotopic (exact) mass is 659 g/mol. The Labute approximate surface area is 283 Å². The molecule has 0 bridgehead atoms. The van der Waals surface area contributed by atoms with E-state index in [9.17, 15) is 14.4 Å². The number of para-hydroxylation sites is 1. The van der Waals surface area contributed by atoms with Crippen LogP contribution in [0.1, 0.15) is 39.0 Å². The molecule has 11 heteroatoms. The van der Waals surface area contributed by atoms with Crippen LogP contribution in [-0.2, 0) is 20.0 Å². The lowest BCUT2D eigenvalue weighted by atomic mass is 10.1. The van der Waals surface area contributed by atoms with E-state index in [1.165, 1.54) is 24.8 Å². The van der Waals surface area contributed by atoms with Crippen molar-refractivity contribution >= 4 is 45.1 Å². The van der Waals surface area contributed by atoms with Gasteiger partial charge in [-0.05, 0) is 74.0 Å². The third-order valence-corrected chi connectivity index (χ3v) is 8.21. The van der Waals surface area contributed by atoms with Crippen LogP contribution in [0.25, 0.3) is 21.9 Å². The zero-order valence-electron chi connectivity index (χ0n) is 27.8. The number of carbonyl (C=O) groups is 2. The van der Waals surface area contributed by atoms with Crippen molar-refractivity contribution < 1.29 is 23.5 Å². The molecule has 49 heavy (non-hydrogen) atoms. The van der Waals surface area contributed by atoms with Gasteiger partial charge in [0.05, 0.1) is 42.1 Å². The van der Waals surface area contributed by atoms with Gasteiger partial charge in [0.2, 0.25) is 0 Å². The molecule has 0 aliphatic heterocycles. The van der Waals surface area contributed by atoms with Crippen LogP contribution in [0.3, 0.4) is 0 Å². The lowest BCUT2D eigenvalue weighted by Crippen LogP contribution is -2.21. The van der Waals surface area contributed by atoms with Crippen molar-refractivity contribution in [3.05, 3.63) is 124 Å². The predicted octanol–water partition coefficient (Wildman–Crippen LogP) is 6.27. The third kappa shape index (κ3) is 7.47. The molecule has 6 aromatic rings. The maximum Gasteiger partial charge on any atom is 0.291 e. The fourth-order valence-electron chi connectivity index (χ4n) is 5.65. The summed E-state index contributed by atoms with van der Waals surface area (Å²) in [6.45, 7) is 3.82. The van der Waals surface area contributed by atoms with E-state index in [0.717, 1.165) is 42.0 Å². The van der Waals surface area contributed by atoms with Crippen LogP contribution in [0, 0.1) is 0 Å². The second kappa shape index (κ2) is 14.4. The number of likely N-dealkylation sites (N-methyl/N-ethyl adjacent to an activating group) is 1. The fraction of sp³-hybridized carbons (Fsp3) is 0.211. The second-order valence-electron chi connectivity index (χ2n) is 11.7. The molecule has 0 aliphatic carbocycles. The molecular formula is C38H37N5O6. The number of hydrogen-bond acceptors (Lipinski definition) is 8. The number of nitrogens with zero attached hydrogens (tertiary/aromatic N) is 3. The summed E-state index contributed by atoms with van der Waals surface area (Å²) in [4.78, 5) is 41.8. The van der Waals surface area contributed by atoms with Crippen LogP contribution >= 0.6 is 0 Å². The highest BCUT2D eigenvalue weighted by atomic mass is 16.5. The summed E-state index contributed by atoms with van der Waals surface area (Å²) in [6.07, 6.45) is 2.71. The molecule has 2 aromatic heterocycles. The second-order valence-corrected chi connectivity index (χ2v) is 11.7. The van der Waals surface area contributed by atoms with Crippen molar-refractivity contribution in [1.29, 1.82) is 0 Å². The molecule has 0 spiro atoms. The van der Waals surface area contributed by atoms with Gasteiger partial charge >= 0.3 is 0 Å². The van der Waals surface area contributed by atoms with Gasteiger partial charge < -0.3 is 29.4 Å². The molecule has 2 N–H and O–H groups in total. The quantitative estimate of drug-likeness (QED) is 0.158. The summed E-state index contributed by atoms with van der Waals surface area (Å²) in [7, 11) is 5.50. The van der Waals surface area contributed by atoms with Crippen LogP contribution in [0.4, 0.5) is 11.4 Å². The zero-order valence-corrected chi connectivity index (χ0v) is 27.8. The topological polar surface area (TPSA) is 128 Å². The molecule has 0 unspecified atom stereocenters. The molecule has 0 saturated heterocycles. The van der Waals surface area contributed by atoms with Crippen molar-refractivity contribution in [3.63, 3.8) is 0 Å². The van der Waals surface area contributed by atoms with Gasteiger partial charge in [-0.15, -0.1) is 0 Å². The number of aryl methyl sites for hydroxylation is 1. The number of ether oxygens (including phenoxy) is 2. The molecule has 2 amide bonds. The van der Waals surface area contributed by atoms with Crippen LogP contribution in [0.15, 0.2) is 100 Å². The van der Waals surface area contributed by atoms with Crippen molar-refractivity contribution in [1.82, 2.24) is 14.7 Å². The van der Waals surface area contributed by atoms with Crippen LogP contribution in [0.5, 0.6) is 11.5 Å². The molecule has 0 atom stereocenters. The first-order valence-corrected chi connectivity index (χ1v) is 15.9. The first-order chi connectivity index (χ1) is 23.7. The first kappa shape index (κ1) is 33.0. The largest absolute Gasteiger partial charge is 0.493 e. The highest BCUT2D eigenvalue weighted by Gasteiger charge is 2.21. The van der Waals surface area contributed by atoms with Crippen molar-refractivity contribution in [2.45, 2.75) is 19.9 Å². The third-order valence-electron chi connectivity index (χ3n) is 8.21. The minimum absolute atomic E-state index is 0.135. The molecule has 11 nitrogen and oxygen atoms in total. The Bertz CT molecular complexity index is 2210. The SMILES string of the molecule is CCOc1cc(C(=O)Nc2ccc(CCN(C)Cc3ccc4c(cnn4C)c3)cc2)c(NC(=O)c2cc(=O)c3ccccc3o2)cc1OC. The number of aromatic nitrogens is 2. The number of fused-ring (bicyclic) bond motifs is 2. The summed E-state index contributed by atoms with van der Waals surface area (Å²) in [5.41, 5.74) is 4.25. The lowest BCUT2D eigenvalue weighted by Gasteiger charge is -2.17. The van der Waals surface area contributed by atoms with E-state index in [-0.39, 0.29) is 28.0 Å². The van der Waals surface area contributed by atoms with Gasteiger partial charge in [0, 0.05) is 43.3 Å². The molecule has 4 aromatic carbocycles. The molecule has 2 heterocycles. The van der Waals surface area contributed by atoms with E-state index in [0.29, 0.717) is 29.2 Å². The van der Waals surface area contributed by atoms with Gasteiger partial charge in [-0.2, -0.15) is 5.10 Å². The summed E-state index contributed by atoms with van der Waals surface area (Å²) in [6, 6.07) is 24.9. The van der Waals surface area contributed by atoms with Crippen molar-refractivity contribution in [3.8, 4) is 11.5 Å². The number of rotatable bonds is 12. The minimum atomic E-state index is -0.699. The summed E-state index contributed by atoms with van der Waals surface area (Å²) in [5.74, 6) is -0.712. The zero-order chi connectivity index (χ0) is 34.5. The Morgan fingerprint density at radius 1 is 0.918 bits per heavy atom. The Morgan fingerprint density at radius 2 is 1.69 bits per heavy atom. The Balaban J connectivity index is 1.14. The summed E-state index contributed by atoms with van der Waals surface area (Å²) >= 11 is 0. The van der Waals surface area contributed by atoms with Gasteiger partial charge in [0.25, 0.3) is 11.8 Å². The van der Waals surface area contributed by atoms with E-state index in [2.05, 4.69) is 45.9 Å². The van der Waals surface area contributed by atoms with E-state index < -0.39 is 11.8 Å². The molecule has 0 saturated carbocycles. The average molecular weight is 660 g/mol. The van der Waals surface area contributed by atoms with Gasteiger partial charge in [-0.3, -0.25) is 19.1 Å². The van der Waals surface area contributed by atoms with Gasteiger partial charge in [0.15, 0.2) is 22.7 Å². The maximum atomic E-state index is 13.7. The van der Waals surface area contributed by atoms with Gasteiger partial charge in [0.1, 0.15) is 5.58 Å². The number of benzene rings is 4. The van der Waals surface area contributed by atoms with E-state index in [1.807, 2.05) is 49.1 Å². The Hall–Kier alpha value is -5.94. The molecule has 6 rings (SSSR count). The highest BCUT2D eigenvalue weighted by Crippen LogP contribution is 2.34. The maximum absolute atomic E-state index is 13.7. The highest BCUT2D eigenvalue weighted by molar-refractivity contribution is 6.12. The predicted molar refractivity (Wildman–Crippen MR) is 190 cm³/mol. The molecular weight excluding hydrogens is 622 g/mol. The van der Waals surface area contributed by atoms with Crippen LogP contribution in [-0.4, -0.2) is 53.8 Å². The summed E-state index contributed by atoms with van der Waals surface area (Å²) < 4.78 is 18.8. The number of amides is 2. The van der Waals surface area contributed by atoms with Crippen molar-refractivity contribution in [2.24, 2.45) is 7.05 Å². The van der Waals surface area contributed by atoms with Gasteiger partial charge in [-0.25, -0.2) is 0 Å². The normalized spacial score (nSPS) is 11.2. The number of hydrogen-bond donors (Lipinski definition) is 2. The molecule has 0 fully saturated rings. The average Bonchev–Trinajstić information content (AvgIpc) is 3.47. The first-order valence-electron chi connectivity index (χ1n) is 15.9. The summed E-state index contributed by atoms with van der Waals surface area (Å²) in [5, 5.41) is 11.4. The minimum Gasteiger partial charge on any atom is -0.493 e. The Morgan fingerprint density at radius 3 is 2.47 bits per heavy atom. The van der Waals surface area contributed by atoms with E-state index in [1.54, 1.807) is 24.3 Å². The lowest BCUT2D eigenvalue weighted by molar-refractivity contribution is 0.0997. The van der Waals surface area contributed by atoms with Crippen LogP contribution in [0.2, 0.25) is 0 Å². The van der Waals surface area contributed by atoms with E-state index >= 15 is 0 Å². The number of anilines is 2. The number of nitrogens with one attached hydrogen (secondary N) is 2. The number of carbonyl (C=O) groups excluding carboxylic acids is 2. The van der Waals surface area contributed by atoms with E-state index in [4.69, 9.17) is 13.9 Å². The molecule has 250 valence electrons. The van der Waals surface area contributed by atoms with Gasteiger partial charge in [-0.1, -0.05) is 30.3 Å².